The lowest BCUT2D eigenvalue weighted by Crippen LogP contribution is -2.42. The van der Waals surface area contributed by atoms with E-state index in [2.05, 4.69) is 15.2 Å². The number of aryl methyl sites for hydroxylation is 1. The molecule has 0 atom stereocenters. The van der Waals surface area contributed by atoms with Gasteiger partial charge < -0.3 is 10.6 Å². The van der Waals surface area contributed by atoms with Gasteiger partial charge in [0.1, 0.15) is 5.82 Å². The molecular weight excluding hydrogens is 338 g/mol. The molecule has 2 fully saturated rings. The van der Waals surface area contributed by atoms with E-state index in [-0.39, 0.29) is 17.7 Å². The smallest absolute Gasteiger partial charge is 0.233 e. The Kier molecular flexibility index (Phi) is 6.34. The number of primary amides is 1. The molecule has 1 saturated carbocycles. The van der Waals surface area contributed by atoms with E-state index in [1.807, 2.05) is 0 Å². The van der Waals surface area contributed by atoms with E-state index in [0.717, 1.165) is 18.2 Å². The van der Waals surface area contributed by atoms with E-state index in [4.69, 9.17) is 5.73 Å². The summed E-state index contributed by atoms with van der Waals surface area (Å²) in [4.78, 5) is 29.7. The number of nitrogens with two attached hydrogens (primary N) is 1. The van der Waals surface area contributed by atoms with Gasteiger partial charge in [-0.1, -0.05) is 37.4 Å². The summed E-state index contributed by atoms with van der Waals surface area (Å²) in [6.07, 6.45) is 8.85. The second kappa shape index (κ2) is 8.69. The van der Waals surface area contributed by atoms with Gasteiger partial charge in [-0.05, 0) is 25.2 Å². The first-order valence-electron chi connectivity index (χ1n) is 9.23. The largest absolute Gasteiger partial charge is 0.369 e. The normalized spacial score (nSPS) is 19.4. The van der Waals surface area contributed by atoms with Crippen molar-refractivity contribution in [3.8, 4) is 0 Å². The summed E-state index contributed by atoms with van der Waals surface area (Å²) in [5, 5.41) is 7.84. The minimum atomic E-state index is -0.257. The predicted molar refractivity (Wildman–Crippen MR) is 95.9 cm³/mol. The van der Waals surface area contributed by atoms with Gasteiger partial charge in [0.2, 0.25) is 17.0 Å². The maximum absolute atomic E-state index is 12.3. The van der Waals surface area contributed by atoms with Crippen LogP contribution in [-0.4, -0.2) is 50.7 Å². The van der Waals surface area contributed by atoms with E-state index in [1.54, 1.807) is 4.90 Å². The lowest BCUT2D eigenvalue weighted by molar-refractivity contribution is -0.132. The van der Waals surface area contributed by atoms with Crippen molar-refractivity contribution in [3.05, 3.63) is 5.82 Å². The summed E-state index contributed by atoms with van der Waals surface area (Å²) >= 11 is 1.37. The summed E-state index contributed by atoms with van der Waals surface area (Å²) in [5.74, 6) is 1.82. The zero-order valence-corrected chi connectivity index (χ0v) is 15.4. The maximum atomic E-state index is 12.3. The minimum absolute atomic E-state index is 0.0743. The van der Waals surface area contributed by atoms with Gasteiger partial charge in [0.05, 0.1) is 5.75 Å². The fourth-order valence-electron chi connectivity index (χ4n) is 3.73. The molecule has 3 rings (SSSR count). The van der Waals surface area contributed by atoms with Crippen LogP contribution in [0.3, 0.4) is 0 Å². The first kappa shape index (κ1) is 18.2. The molecule has 0 aromatic carbocycles. The number of nitrogens with zero attached hydrogens (tertiary/aromatic N) is 3. The molecule has 8 heteroatoms. The molecule has 1 aliphatic carbocycles. The second-order valence-corrected chi connectivity index (χ2v) is 8.04. The van der Waals surface area contributed by atoms with Crippen LogP contribution in [0.1, 0.15) is 50.8 Å². The van der Waals surface area contributed by atoms with E-state index in [9.17, 15) is 9.59 Å². The van der Waals surface area contributed by atoms with Crippen LogP contribution in [-0.2, 0) is 16.0 Å². The van der Waals surface area contributed by atoms with Gasteiger partial charge in [0.25, 0.3) is 0 Å². The number of hydrogen-bond donors (Lipinski definition) is 2. The molecule has 0 unspecified atom stereocenters. The fraction of sp³-hybridized carbons (Fsp3) is 0.765. The summed E-state index contributed by atoms with van der Waals surface area (Å²) in [6.45, 7) is 1.21. The molecule has 1 aromatic rings. The number of likely N-dealkylation sites (tertiary alicyclic amines) is 1. The van der Waals surface area contributed by atoms with Crippen molar-refractivity contribution in [3.63, 3.8) is 0 Å². The van der Waals surface area contributed by atoms with Crippen LogP contribution in [0.4, 0.5) is 0 Å². The van der Waals surface area contributed by atoms with Crippen LogP contribution in [0.5, 0.6) is 0 Å². The van der Waals surface area contributed by atoms with Gasteiger partial charge in [-0.3, -0.25) is 14.7 Å². The number of amides is 2. The zero-order chi connectivity index (χ0) is 17.6. The highest BCUT2D eigenvalue weighted by atomic mass is 32.2. The number of aromatic nitrogens is 3. The maximum Gasteiger partial charge on any atom is 0.233 e. The van der Waals surface area contributed by atoms with Crippen molar-refractivity contribution >= 4 is 23.6 Å². The third-order valence-corrected chi connectivity index (χ3v) is 6.18. The summed E-state index contributed by atoms with van der Waals surface area (Å²) in [7, 11) is 0. The Bertz CT molecular complexity index is 592. The molecule has 2 aliphatic rings. The molecule has 1 saturated heterocycles. The summed E-state index contributed by atoms with van der Waals surface area (Å²) in [5.41, 5.74) is 5.32. The number of rotatable bonds is 7. The average Bonchev–Trinajstić information content (AvgIpc) is 3.29. The molecular formula is C17H27N5O2S. The summed E-state index contributed by atoms with van der Waals surface area (Å²) in [6, 6.07) is 0. The lowest BCUT2D eigenvalue weighted by Gasteiger charge is -2.30. The number of aromatic amines is 1. The first-order chi connectivity index (χ1) is 12.1. The highest BCUT2D eigenvalue weighted by Gasteiger charge is 2.26. The highest BCUT2D eigenvalue weighted by molar-refractivity contribution is 7.99. The standard InChI is InChI=1S/C17H27N5O2S/c18-16(24)13-7-9-22(10-8-13)15(23)11-25-17-19-14(20-21-17)6-5-12-3-1-2-4-12/h12-13H,1-11H2,(H2,18,24)(H,19,20,21). The molecule has 0 spiro atoms. The van der Waals surface area contributed by atoms with Crippen molar-refractivity contribution in [2.75, 3.05) is 18.8 Å². The Balaban J connectivity index is 1.38. The second-order valence-electron chi connectivity index (χ2n) is 7.10. The number of nitrogens with one attached hydrogen (secondary N) is 1. The number of carbonyl (C=O) groups excluding carboxylic acids is 2. The molecule has 1 aromatic heterocycles. The SMILES string of the molecule is NC(=O)C1CCN(C(=O)CSc2n[nH]c(CCC3CCCC3)n2)CC1. The quantitative estimate of drug-likeness (QED) is 0.716. The van der Waals surface area contributed by atoms with Crippen LogP contribution >= 0.6 is 11.8 Å². The zero-order valence-electron chi connectivity index (χ0n) is 14.6. The molecule has 2 amide bonds. The number of hydrogen-bond acceptors (Lipinski definition) is 5. The molecule has 0 radical (unpaired) electrons. The number of piperidine rings is 1. The van der Waals surface area contributed by atoms with Crippen LogP contribution in [0.15, 0.2) is 5.16 Å². The lowest BCUT2D eigenvalue weighted by atomic mass is 9.96. The molecule has 3 N–H and O–H groups in total. The third kappa shape index (κ3) is 5.20. The van der Waals surface area contributed by atoms with Gasteiger partial charge in [-0.25, -0.2) is 4.98 Å². The molecule has 25 heavy (non-hydrogen) atoms. The van der Waals surface area contributed by atoms with Gasteiger partial charge >= 0.3 is 0 Å². The number of carbonyl (C=O) groups is 2. The third-order valence-electron chi connectivity index (χ3n) is 5.35. The van der Waals surface area contributed by atoms with Gasteiger partial charge in [0, 0.05) is 25.4 Å². The van der Waals surface area contributed by atoms with E-state index >= 15 is 0 Å². The monoisotopic (exact) mass is 365 g/mol. The Morgan fingerprint density at radius 3 is 2.60 bits per heavy atom. The van der Waals surface area contributed by atoms with Crippen molar-refractivity contribution in [1.82, 2.24) is 20.1 Å². The highest BCUT2D eigenvalue weighted by Crippen LogP contribution is 2.28. The predicted octanol–water partition coefficient (Wildman–Crippen LogP) is 1.74. The van der Waals surface area contributed by atoms with Crippen molar-refractivity contribution in [2.45, 2.75) is 56.5 Å². The Hall–Kier alpha value is -1.57. The van der Waals surface area contributed by atoms with Crippen LogP contribution in [0.2, 0.25) is 0 Å². The Labute approximate surface area is 152 Å². The van der Waals surface area contributed by atoms with Crippen LogP contribution in [0, 0.1) is 11.8 Å². The average molecular weight is 366 g/mol. The van der Waals surface area contributed by atoms with Crippen molar-refractivity contribution in [2.24, 2.45) is 17.6 Å². The fourth-order valence-corrected chi connectivity index (χ4v) is 4.45. The van der Waals surface area contributed by atoms with Gasteiger partial charge in [0.15, 0.2) is 0 Å². The van der Waals surface area contributed by atoms with Crippen LogP contribution < -0.4 is 5.73 Å². The Morgan fingerprint density at radius 1 is 1.20 bits per heavy atom. The Morgan fingerprint density at radius 2 is 1.92 bits per heavy atom. The topological polar surface area (TPSA) is 105 Å². The van der Waals surface area contributed by atoms with Crippen LogP contribution in [0.25, 0.3) is 0 Å². The molecule has 2 heterocycles. The number of H-pyrrole nitrogens is 1. The van der Waals surface area contributed by atoms with Crippen molar-refractivity contribution in [1.29, 1.82) is 0 Å². The van der Waals surface area contributed by atoms with E-state index < -0.39 is 0 Å². The minimum Gasteiger partial charge on any atom is -0.369 e. The van der Waals surface area contributed by atoms with E-state index in [1.165, 1.54) is 43.9 Å². The molecule has 0 bridgehead atoms. The summed E-state index contributed by atoms with van der Waals surface area (Å²) < 4.78 is 0. The molecule has 138 valence electrons. The molecule has 1 aliphatic heterocycles. The van der Waals surface area contributed by atoms with Gasteiger partial charge in [-0.15, -0.1) is 5.10 Å². The van der Waals surface area contributed by atoms with E-state index in [0.29, 0.717) is 36.8 Å². The molecule has 7 nitrogen and oxygen atoms in total. The first-order valence-corrected chi connectivity index (χ1v) is 10.2. The van der Waals surface area contributed by atoms with Gasteiger partial charge in [-0.2, -0.15) is 0 Å². The van der Waals surface area contributed by atoms with Crippen molar-refractivity contribution < 1.29 is 9.59 Å². The number of thioether (sulfide) groups is 1.